The Kier molecular flexibility index (Phi) is 5.75. The van der Waals surface area contributed by atoms with Crippen LogP contribution in [-0.4, -0.2) is 25.7 Å². The van der Waals surface area contributed by atoms with Crippen molar-refractivity contribution in [2.45, 2.75) is 13.0 Å². The van der Waals surface area contributed by atoms with Crippen LogP contribution in [0.25, 0.3) is 0 Å². The lowest BCUT2D eigenvalue weighted by atomic mass is 9.94. The zero-order valence-electron chi connectivity index (χ0n) is 13.1. The van der Waals surface area contributed by atoms with Crippen LogP contribution >= 0.6 is 23.2 Å². The molecule has 1 aliphatic heterocycles. The van der Waals surface area contributed by atoms with Gasteiger partial charge in [0.25, 0.3) is 0 Å². The summed E-state index contributed by atoms with van der Waals surface area (Å²) in [6.07, 6.45) is 1.45. The summed E-state index contributed by atoms with van der Waals surface area (Å²) in [6.45, 7) is 5.15. The van der Waals surface area contributed by atoms with Crippen LogP contribution in [0.2, 0.25) is 10.0 Å². The number of esters is 1. The molecule has 2 rings (SSSR count). The van der Waals surface area contributed by atoms with Crippen molar-refractivity contribution in [2.75, 3.05) is 13.7 Å². The Hall–Kier alpha value is -2.18. The smallest absolute Gasteiger partial charge is 0.338 e. The Morgan fingerprint density at radius 3 is 2.75 bits per heavy atom. The van der Waals surface area contributed by atoms with Crippen LogP contribution < -0.4 is 15.4 Å². The van der Waals surface area contributed by atoms with E-state index in [0.717, 1.165) is 0 Å². The van der Waals surface area contributed by atoms with E-state index in [-0.39, 0.29) is 17.2 Å². The zero-order chi connectivity index (χ0) is 17.9. The van der Waals surface area contributed by atoms with E-state index in [1.54, 1.807) is 13.0 Å². The van der Waals surface area contributed by atoms with Crippen LogP contribution in [0.4, 0.5) is 4.79 Å². The first kappa shape index (κ1) is 18.2. The van der Waals surface area contributed by atoms with Crippen LogP contribution in [0.5, 0.6) is 5.75 Å². The van der Waals surface area contributed by atoms with E-state index in [4.69, 9.17) is 32.7 Å². The standard InChI is InChI=1S/C16H16Cl2N2O4/c1-4-5-24-15(21)12-8(2)19-16(22)20-13(12)10-6-9(17)7-11(18)14(10)23-3/h4,6-7,13H,1,5H2,2-3H3,(H2,19,20,22)/t13-/m1/s1. The predicted molar refractivity (Wildman–Crippen MR) is 91.3 cm³/mol. The number of halogens is 2. The molecule has 0 aliphatic carbocycles. The van der Waals surface area contributed by atoms with Gasteiger partial charge < -0.3 is 20.1 Å². The topological polar surface area (TPSA) is 76.7 Å². The van der Waals surface area contributed by atoms with Crippen LogP contribution in [0.1, 0.15) is 18.5 Å². The number of allylic oxidation sites excluding steroid dienone is 1. The second kappa shape index (κ2) is 7.59. The van der Waals surface area contributed by atoms with Crippen LogP contribution in [-0.2, 0) is 9.53 Å². The molecule has 0 radical (unpaired) electrons. The van der Waals surface area contributed by atoms with Crippen LogP contribution in [0, 0.1) is 0 Å². The molecule has 0 unspecified atom stereocenters. The molecular weight excluding hydrogens is 355 g/mol. The molecule has 1 atom stereocenters. The van der Waals surface area contributed by atoms with E-state index in [0.29, 0.717) is 22.0 Å². The van der Waals surface area contributed by atoms with E-state index in [9.17, 15) is 9.59 Å². The lowest BCUT2D eigenvalue weighted by Crippen LogP contribution is -2.45. The fraction of sp³-hybridized carbons (Fsp3) is 0.250. The van der Waals surface area contributed by atoms with Crippen molar-refractivity contribution in [1.29, 1.82) is 0 Å². The average Bonchev–Trinajstić information content (AvgIpc) is 2.51. The molecule has 1 aliphatic rings. The maximum atomic E-state index is 12.4. The average molecular weight is 371 g/mol. The number of benzene rings is 1. The summed E-state index contributed by atoms with van der Waals surface area (Å²) in [5.41, 5.74) is 1.05. The summed E-state index contributed by atoms with van der Waals surface area (Å²) in [6, 6.07) is 1.81. The van der Waals surface area contributed by atoms with Crippen molar-refractivity contribution in [2.24, 2.45) is 0 Å². The van der Waals surface area contributed by atoms with E-state index in [1.807, 2.05) is 0 Å². The molecule has 2 N–H and O–H groups in total. The highest BCUT2D eigenvalue weighted by Crippen LogP contribution is 2.39. The Balaban J connectivity index is 2.57. The first-order chi connectivity index (χ1) is 11.4. The molecule has 128 valence electrons. The SMILES string of the molecule is C=CCOC(=O)C1=C(C)NC(=O)N[C@@H]1c1cc(Cl)cc(Cl)c1OC. The molecule has 24 heavy (non-hydrogen) atoms. The van der Waals surface area contributed by atoms with Gasteiger partial charge in [-0.25, -0.2) is 9.59 Å². The highest BCUT2D eigenvalue weighted by atomic mass is 35.5. The number of methoxy groups -OCH3 is 1. The summed E-state index contributed by atoms with van der Waals surface area (Å²) in [7, 11) is 1.44. The molecule has 2 amide bonds. The molecule has 1 aromatic carbocycles. The van der Waals surface area contributed by atoms with E-state index in [2.05, 4.69) is 17.2 Å². The van der Waals surface area contributed by atoms with E-state index < -0.39 is 18.0 Å². The minimum Gasteiger partial charge on any atom is -0.495 e. The number of carbonyl (C=O) groups is 2. The number of hydrogen-bond donors (Lipinski definition) is 2. The maximum Gasteiger partial charge on any atom is 0.338 e. The number of amides is 2. The van der Waals surface area contributed by atoms with Crippen molar-refractivity contribution in [3.63, 3.8) is 0 Å². The molecule has 1 aromatic rings. The molecule has 0 fully saturated rings. The first-order valence-electron chi connectivity index (χ1n) is 6.98. The summed E-state index contributed by atoms with van der Waals surface area (Å²) in [4.78, 5) is 24.3. The highest BCUT2D eigenvalue weighted by molar-refractivity contribution is 6.35. The maximum absolute atomic E-state index is 12.4. The van der Waals surface area contributed by atoms with E-state index in [1.165, 1.54) is 19.3 Å². The molecule has 0 saturated carbocycles. The Labute approximate surface area is 149 Å². The Bertz CT molecular complexity index is 731. The number of ether oxygens (including phenoxy) is 2. The number of nitrogens with one attached hydrogen (secondary N) is 2. The third kappa shape index (κ3) is 3.66. The first-order valence-corrected chi connectivity index (χ1v) is 7.73. The van der Waals surface area contributed by atoms with Gasteiger partial charge >= 0.3 is 12.0 Å². The molecular formula is C16H16Cl2N2O4. The molecule has 0 bridgehead atoms. The normalized spacial score (nSPS) is 17.0. The summed E-state index contributed by atoms with van der Waals surface area (Å²) in [5, 5.41) is 5.83. The molecule has 0 aromatic heterocycles. The number of urea groups is 1. The second-order valence-corrected chi connectivity index (χ2v) is 5.81. The van der Waals surface area contributed by atoms with Gasteiger partial charge in [-0.1, -0.05) is 35.9 Å². The summed E-state index contributed by atoms with van der Waals surface area (Å²) >= 11 is 12.2. The zero-order valence-corrected chi connectivity index (χ0v) is 14.6. The highest BCUT2D eigenvalue weighted by Gasteiger charge is 2.34. The lowest BCUT2D eigenvalue weighted by Gasteiger charge is -2.29. The van der Waals surface area contributed by atoms with Gasteiger partial charge in [0.2, 0.25) is 0 Å². The molecule has 8 heteroatoms. The van der Waals surface area contributed by atoms with Crippen molar-refractivity contribution >= 4 is 35.2 Å². The van der Waals surface area contributed by atoms with E-state index >= 15 is 0 Å². The molecule has 0 saturated heterocycles. The number of rotatable bonds is 5. The fourth-order valence-electron chi connectivity index (χ4n) is 2.42. The number of carbonyl (C=O) groups excluding carboxylic acids is 2. The van der Waals surface area contributed by atoms with Crippen molar-refractivity contribution in [3.05, 3.63) is 51.7 Å². The van der Waals surface area contributed by atoms with Crippen molar-refractivity contribution < 1.29 is 19.1 Å². The number of hydrogen-bond acceptors (Lipinski definition) is 4. The minimum atomic E-state index is -0.817. The monoisotopic (exact) mass is 370 g/mol. The Morgan fingerprint density at radius 2 is 2.12 bits per heavy atom. The molecule has 1 heterocycles. The second-order valence-electron chi connectivity index (χ2n) is 4.97. The third-order valence-corrected chi connectivity index (χ3v) is 3.87. The van der Waals surface area contributed by atoms with Gasteiger partial charge in [-0.15, -0.1) is 0 Å². The third-order valence-electron chi connectivity index (χ3n) is 3.37. The molecule has 6 nitrogen and oxygen atoms in total. The van der Waals surface area contributed by atoms with Gasteiger partial charge in [0.1, 0.15) is 12.4 Å². The Morgan fingerprint density at radius 1 is 1.42 bits per heavy atom. The van der Waals surface area contributed by atoms with Gasteiger partial charge in [0.05, 0.1) is 23.7 Å². The van der Waals surface area contributed by atoms with Crippen molar-refractivity contribution in [3.8, 4) is 5.75 Å². The minimum absolute atomic E-state index is 0.0454. The van der Waals surface area contributed by atoms with Gasteiger partial charge in [-0.3, -0.25) is 0 Å². The fourth-order valence-corrected chi connectivity index (χ4v) is 3.01. The predicted octanol–water partition coefficient (Wildman–Crippen LogP) is 3.36. The molecule has 0 spiro atoms. The van der Waals surface area contributed by atoms with Gasteiger partial charge in [0.15, 0.2) is 0 Å². The van der Waals surface area contributed by atoms with Gasteiger partial charge in [-0.05, 0) is 19.1 Å². The van der Waals surface area contributed by atoms with Gasteiger partial charge in [0, 0.05) is 16.3 Å². The van der Waals surface area contributed by atoms with Crippen LogP contribution in [0.15, 0.2) is 36.1 Å². The quantitative estimate of drug-likeness (QED) is 0.615. The van der Waals surface area contributed by atoms with Crippen molar-refractivity contribution in [1.82, 2.24) is 10.6 Å². The summed E-state index contributed by atoms with van der Waals surface area (Å²) < 4.78 is 10.4. The van der Waals surface area contributed by atoms with Crippen LogP contribution in [0.3, 0.4) is 0 Å². The largest absolute Gasteiger partial charge is 0.495 e. The van der Waals surface area contributed by atoms with Gasteiger partial charge in [-0.2, -0.15) is 0 Å². The summed E-state index contributed by atoms with van der Waals surface area (Å²) in [5.74, 6) is -0.280. The lowest BCUT2D eigenvalue weighted by molar-refractivity contribution is -0.138.